The molecule has 2 unspecified atom stereocenters. The van der Waals surface area contributed by atoms with Gasteiger partial charge in [0.2, 0.25) is 0 Å². The maximum atomic E-state index is 9.92. The SMILES string of the molecule is C#CCC(C)NCC(O)c1ccccc1Cl. The summed E-state index contributed by atoms with van der Waals surface area (Å²) in [5.41, 5.74) is 0.740. The molecule has 0 saturated carbocycles. The second-order valence-electron chi connectivity index (χ2n) is 3.75. The summed E-state index contributed by atoms with van der Waals surface area (Å²) in [7, 11) is 0. The molecule has 0 saturated heterocycles. The Morgan fingerprint density at radius 2 is 2.19 bits per heavy atom. The van der Waals surface area contributed by atoms with E-state index in [2.05, 4.69) is 11.2 Å². The Balaban J connectivity index is 2.50. The Hall–Kier alpha value is -1.01. The lowest BCUT2D eigenvalue weighted by atomic mass is 10.1. The minimum atomic E-state index is -0.603. The topological polar surface area (TPSA) is 32.3 Å². The first-order valence-electron chi connectivity index (χ1n) is 5.24. The lowest BCUT2D eigenvalue weighted by molar-refractivity contribution is 0.171. The van der Waals surface area contributed by atoms with Crippen molar-refractivity contribution in [2.75, 3.05) is 6.54 Å². The van der Waals surface area contributed by atoms with E-state index < -0.39 is 6.10 Å². The first-order valence-corrected chi connectivity index (χ1v) is 5.62. The summed E-state index contributed by atoms with van der Waals surface area (Å²) in [6.07, 6.45) is 5.24. The van der Waals surface area contributed by atoms with Crippen LogP contribution < -0.4 is 5.32 Å². The van der Waals surface area contributed by atoms with Crippen molar-refractivity contribution in [3.8, 4) is 12.3 Å². The van der Waals surface area contributed by atoms with Crippen LogP contribution in [-0.4, -0.2) is 17.7 Å². The number of aliphatic hydroxyl groups excluding tert-OH is 1. The molecular weight excluding hydrogens is 222 g/mol. The largest absolute Gasteiger partial charge is 0.387 e. The van der Waals surface area contributed by atoms with E-state index in [1.807, 2.05) is 25.1 Å². The highest BCUT2D eigenvalue weighted by molar-refractivity contribution is 6.31. The number of benzene rings is 1. The van der Waals surface area contributed by atoms with Crippen LogP contribution >= 0.6 is 11.6 Å². The lowest BCUT2D eigenvalue weighted by Gasteiger charge is -2.16. The molecule has 16 heavy (non-hydrogen) atoms. The van der Waals surface area contributed by atoms with Crippen molar-refractivity contribution >= 4 is 11.6 Å². The Morgan fingerprint density at radius 1 is 1.50 bits per heavy atom. The fraction of sp³-hybridized carbons (Fsp3) is 0.385. The zero-order valence-corrected chi connectivity index (χ0v) is 10.0. The highest BCUT2D eigenvalue weighted by atomic mass is 35.5. The van der Waals surface area contributed by atoms with E-state index in [1.54, 1.807) is 6.07 Å². The summed E-state index contributed by atoms with van der Waals surface area (Å²) in [6, 6.07) is 7.48. The van der Waals surface area contributed by atoms with Crippen molar-refractivity contribution in [1.29, 1.82) is 0 Å². The van der Waals surface area contributed by atoms with Gasteiger partial charge in [0, 0.05) is 29.6 Å². The average molecular weight is 238 g/mol. The Labute approximate surface area is 102 Å². The second-order valence-corrected chi connectivity index (χ2v) is 4.16. The van der Waals surface area contributed by atoms with E-state index >= 15 is 0 Å². The van der Waals surface area contributed by atoms with Crippen molar-refractivity contribution < 1.29 is 5.11 Å². The van der Waals surface area contributed by atoms with Gasteiger partial charge in [0.1, 0.15) is 0 Å². The van der Waals surface area contributed by atoms with Crippen LogP contribution in [0.15, 0.2) is 24.3 Å². The summed E-state index contributed by atoms with van der Waals surface area (Å²) in [5, 5.41) is 13.7. The normalized spacial score (nSPS) is 14.1. The number of rotatable bonds is 5. The molecule has 0 fully saturated rings. The molecule has 2 nitrogen and oxygen atoms in total. The van der Waals surface area contributed by atoms with Crippen molar-refractivity contribution in [3.05, 3.63) is 34.9 Å². The second kappa shape index (κ2) is 6.55. The number of halogens is 1. The molecule has 0 bridgehead atoms. The minimum Gasteiger partial charge on any atom is -0.387 e. The van der Waals surface area contributed by atoms with Crippen LogP contribution in [0.3, 0.4) is 0 Å². The lowest BCUT2D eigenvalue weighted by Crippen LogP contribution is -2.30. The predicted octanol–water partition coefficient (Wildman–Crippen LogP) is 2.37. The molecule has 0 aliphatic carbocycles. The van der Waals surface area contributed by atoms with Gasteiger partial charge in [-0.25, -0.2) is 0 Å². The van der Waals surface area contributed by atoms with Crippen LogP contribution in [0.4, 0.5) is 0 Å². The standard InChI is InChI=1S/C13H16ClNO/c1-3-6-10(2)15-9-13(16)11-7-4-5-8-12(11)14/h1,4-5,7-8,10,13,15-16H,6,9H2,2H3. The van der Waals surface area contributed by atoms with Gasteiger partial charge in [-0.05, 0) is 13.0 Å². The van der Waals surface area contributed by atoms with Crippen molar-refractivity contribution in [3.63, 3.8) is 0 Å². The number of aliphatic hydroxyl groups is 1. The molecule has 0 spiro atoms. The van der Waals surface area contributed by atoms with Crippen LogP contribution in [-0.2, 0) is 0 Å². The van der Waals surface area contributed by atoms with Gasteiger partial charge in [0.25, 0.3) is 0 Å². The highest BCUT2D eigenvalue weighted by Crippen LogP contribution is 2.21. The summed E-state index contributed by atoms with van der Waals surface area (Å²) in [5.74, 6) is 2.57. The van der Waals surface area contributed by atoms with E-state index in [0.717, 1.165) is 5.56 Å². The number of hydrogen-bond acceptors (Lipinski definition) is 2. The molecule has 3 heteroatoms. The van der Waals surface area contributed by atoms with Crippen LogP contribution in [0, 0.1) is 12.3 Å². The van der Waals surface area contributed by atoms with Gasteiger partial charge in [-0.1, -0.05) is 29.8 Å². The van der Waals surface area contributed by atoms with Gasteiger partial charge < -0.3 is 10.4 Å². The van der Waals surface area contributed by atoms with Gasteiger partial charge in [-0.3, -0.25) is 0 Å². The van der Waals surface area contributed by atoms with Crippen molar-refractivity contribution in [2.45, 2.75) is 25.5 Å². The summed E-state index contributed by atoms with van der Waals surface area (Å²) in [6.45, 7) is 2.44. The fourth-order valence-corrected chi connectivity index (χ4v) is 1.68. The molecule has 2 N–H and O–H groups in total. The van der Waals surface area contributed by atoms with Gasteiger partial charge in [0.15, 0.2) is 0 Å². The predicted molar refractivity (Wildman–Crippen MR) is 67.3 cm³/mol. The number of nitrogens with one attached hydrogen (secondary N) is 1. The van der Waals surface area contributed by atoms with Crippen molar-refractivity contribution in [2.24, 2.45) is 0 Å². The van der Waals surface area contributed by atoms with Crippen LogP contribution in [0.1, 0.15) is 25.0 Å². The van der Waals surface area contributed by atoms with E-state index in [9.17, 15) is 5.11 Å². The molecule has 0 aliphatic heterocycles. The Morgan fingerprint density at radius 3 is 2.81 bits per heavy atom. The quantitative estimate of drug-likeness (QED) is 0.771. The molecule has 0 aliphatic rings. The third-order valence-corrected chi connectivity index (χ3v) is 2.69. The summed E-state index contributed by atoms with van der Waals surface area (Å²) < 4.78 is 0. The number of hydrogen-bond donors (Lipinski definition) is 2. The van der Waals surface area contributed by atoms with E-state index in [1.165, 1.54) is 0 Å². The van der Waals surface area contributed by atoms with Gasteiger partial charge in [-0.2, -0.15) is 0 Å². The minimum absolute atomic E-state index is 0.196. The van der Waals surface area contributed by atoms with E-state index in [4.69, 9.17) is 18.0 Å². The maximum Gasteiger partial charge on any atom is 0.0928 e. The zero-order valence-electron chi connectivity index (χ0n) is 9.28. The monoisotopic (exact) mass is 237 g/mol. The molecule has 1 aromatic carbocycles. The molecule has 2 atom stereocenters. The van der Waals surface area contributed by atoms with Crippen molar-refractivity contribution in [1.82, 2.24) is 5.32 Å². The molecule has 0 heterocycles. The molecule has 86 valence electrons. The summed E-state index contributed by atoms with van der Waals surface area (Å²) in [4.78, 5) is 0. The van der Waals surface area contributed by atoms with Crippen LogP contribution in [0.5, 0.6) is 0 Å². The number of terminal acetylenes is 1. The van der Waals surface area contributed by atoms with Gasteiger partial charge in [-0.15, -0.1) is 12.3 Å². The third kappa shape index (κ3) is 3.86. The van der Waals surface area contributed by atoms with Crippen LogP contribution in [0.25, 0.3) is 0 Å². The van der Waals surface area contributed by atoms with E-state index in [0.29, 0.717) is 18.0 Å². The highest BCUT2D eigenvalue weighted by Gasteiger charge is 2.11. The first-order chi connectivity index (χ1) is 7.65. The molecule has 1 aromatic rings. The Kier molecular flexibility index (Phi) is 5.34. The van der Waals surface area contributed by atoms with E-state index in [-0.39, 0.29) is 6.04 Å². The van der Waals surface area contributed by atoms with Gasteiger partial charge in [0.05, 0.1) is 6.10 Å². The fourth-order valence-electron chi connectivity index (χ4n) is 1.42. The van der Waals surface area contributed by atoms with Crippen LogP contribution in [0.2, 0.25) is 5.02 Å². The zero-order chi connectivity index (χ0) is 12.0. The smallest absolute Gasteiger partial charge is 0.0928 e. The summed E-state index contributed by atoms with van der Waals surface area (Å²) >= 11 is 5.98. The molecule has 0 amide bonds. The maximum absolute atomic E-state index is 9.92. The first kappa shape index (κ1) is 13.1. The molecular formula is C13H16ClNO. The molecule has 0 radical (unpaired) electrons. The molecule has 1 rings (SSSR count). The molecule has 0 aromatic heterocycles. The third-order valence-electron chi connectivity index (χ3n) is 2.35. The Bertz CT molecular complexity index is 372. The van der Waals surface area contributed by atoms with Gasteiger partial charge >= 0.3 is 0 Å². The average Bonchev–Trinajstić information content (AvgIpc) is 2.27.